The molecule has 0 saturated carbocycles. The van der Waals surface area contributed by atoms with Gasteiger partial charge in [-0.3, -0.25) is 0 Å². The second-order valence-corrected chi connectivity index (χ2v) is 4.98. The number of benzene rings is 1. The van der Waals surface area contributed by atoms with Crippen LogP contribution in [0.5, 0.6) is 0 Å². The minimum atomic E-state index is 0.242. The van der Waals surface area contributed by atoms with E-state index in [1.807, 2.05) is 12.4 Å². The zero-order chi connectivity index (χ0) is 12.5. The first kappa shape index (κ1) is 11.5. The summed E-state index contributed by atoms with van der Waals surface area (Å²) in [5.41, 5.74) is 10.2. The summed E-state index contributed by atoms with van der Waals surface area (Å²) in [6, 6.07) is 6.93. The molecule has 94 valence electrons. The van der Waals surface area contributed by atoms with E-state index in [0.717, 1.165) is 31.6 Å². The van der Waals surface area contributed by atoms with E-state index in [9.17, 15) is 0 Å². The summed E-state index contributed by atoms with van der Waals surface area (Å²) in [6.07, 6.45) is 7.03. The van der Waals surface area contributed by atoms with Gasteiger partial charge in [0.2, 0.25) is 0 Å². The highest BCUT2D eigenvalue weighted by atomic mass is 15.0. The molecule has 1 aliphatic carbocycles. The van der Waals surface area contributed by atoms with Crippen molar-refractivity contribution in [2.24, 2.45) is 5.73 Å². The van der Waals surface area contributed by atoms with Gasteiger partial charge in [0.1, 0.15) is 5.82 Å². The maximum absolute atomic E-state index is 6.06. The van der Waals surface area contributed by atoms with Gasteiger partial charge in [-0.15, -0.1) is 0 Å². The first-order valence-electron chi connectivity index (χ1n) is 6.65. The highest BCUT2D eigenvalue weighted by molar-refractivity contribution is 5.38. The largest absolute Gasteiger partial charge is 0.335 e. The van der Waals surface area contributed by atoms with Crippen molar-refractivity contribution < 1.29 is 0 Å². The predicted molar refractivity (Wildman–Crippen MR) is 72.4 cm³/mol. The topological polar surface area (TPSA) is 43.8 Å². The van der Waals surface area contributed by atoms with Crippen molar-refractivity contribution in [1.29, 1.82) is 0 Å². The monoisotopic (exact) mass is 241 g/mol. The molecule has 0 spiro atoms. The zero-order valence-electron chi connectivity index (χ0n) is 10.8. The van der Waals surface area contributed by atoms with Crippen molar-refractivity contribution in [3.8, 4) is 0 Å². The molecule has 18 heavy (non-hydrogen) atoms. The summed E-state index contributed by atoms with van der Waals surface area (Å²) in [7, 11) is 0. The first-order valence-corrected chi connectivity index (χ1v) is 6.65. The third kappa shape index (κ3) is 1.95. The SMILES string of the molecule is CCn1ccnc1Cc1ccc2c(c1)CCC2N. The lowest BCUT2D eigenvalue weighted by Crippen LogP contribution is -2.05. The van der Waals surface area contributed by atoms with Crippen LogP contribution in [0.2, 0.25) is 0 Å². The Morgan fingerprint density at radius 2 is 2.33 bits per heavy atom. The number of fused-ring (bicyclic) bond motifs is 1. The molecule has 3 nitrogen and oxygen atoms in total. The number of aromatic nitrogens is 2. The van der Waals surface area contributed by atoms with E-state index in [2.05, 4.69) is 34.7 Å². The predicted octanol–water partition coefficient (Wildman–Crippen LogP) is 2.44. The molecular weight excluding hydrogens is 222 g/mol. The van der Waals surface area contributed by atoms with Crippen molar-refractivity contribution in [3.63, 3.8) is 0 Å². The van der Waals surface area contributed by atoms with Crippen LogP contribution in [0.25, 0.3) is 0 Å². The number of hydrogen-bond acceptors (Lipinski definition) is 2. The molecule has 1 aromatic heterocycles. The Kier molecular flexibility index (Phi) is 2.92. The Bertz CT molecular complexity index is 557. The van der Waals surface area contributed by atoms with Gasteiger partial charge in [-0.1, -0.05) is 18.2 Å². The summed E-state index contributed by atoms with van der Waals surface area (Å²) in [5, 5.41) is 0. The molecule has 3 heteroatoms. The van der Waals surface area contributed by atoms with E-state index < -0.39 is 0 Å². The van der Waals surface area contributed by atoms with Crippen LogP contribution in [0, 0.1) is 0 Å². The van der Waals surface area contributed by atoms with E-state index in [0.29, 0.717) is 0 Å². The van der Waals surface area contributed by atoms with Crippen LogP contribution >= 0.6 is 0 Å². The van der Waals surface area contributed by atoms with Gasteiger partial charge in [0.15, 0.2) is 0 Å². The lowest BCUT2D eigenvalue weighted by molar-refractivity contribution is 0.712. The van der Waals surface area contributed by atoms with Crippen molar-refractivity contribution in [1.82, 2.24) is 9.55 Å². The fraction of sp³-hybridized carbons (Fsp3) is 0.400. The molecule has 0 aliphatic heterocycles. The highest BCUT2D eigenvalue weighted by Gasteiger charge is 2.18. The van der Waals surface area contributed by atoms with Gasteiger partial charge in [0.25, 0.3) is 0 Å². The van der Waals surface area contributed by atoms with Crippen molar-refractivity contribution in [2.75, 3.05) is 0 Å². The van der Waals surface area contributed by atoms with Gasteiger partial charge in [0, 0.05) is 31.4 Å². The lowest BCUT2D eigenvalue weighted by Gasteiger charge is -2.08. The van der Waals surface area contributed by atoms with E-state index in [4.69, 9.17) is 5.73 Å². The van der Waals surface area contributed by atoms with Crippen LogP contribution in [0.1, 0.15) is 41.9 Å². The van der Waals surface area contributed by atoms with E-state index in [-0.39, 0.29) is 6.04 Å². The molecule has 1 unspecified atom stereocenters. The molecule has 1 heterocycles. The average Bonchev–Trinajstić information content (AvgIpc) is 2.97. The number of hydrogen-bond donors (Lipinski definition) is 1. The van der Waals surface area contributed by atoms with Gasteiger partial charge in [-0.05, 0) is 36.5 Å². The Morgan fingerprint density at radius 1 is 1.44 bits per heavy atom. The normalized spacial score (nSPS) is 18.0. The Labute approximate surface area is 108 Å². The fourth-order valence-electron chi connectivity index (χ4n) is 2.79. The van der Waals surface area contributed by atoms with E-state index in [1.165, 1.54) is 16.7 Å². The van der Waals surface area contributed by atoms with Crippen molar-refractivity contribution >= 4 is 0 Å². The summed E-state index contributed by atoms with van der Waals surface area (Å²) in [5.74, 6) is 1.14. The molecule has 1 aromatic carbocycles. The van der Waals surface area contributed by atoms with Gasteiger partial charge in [-0.25, -0.2) is 4.98 Å². The molecule has 0 fully saturated rings. The molecule has 2 N–H and O–H groups in total. The van der Waals surface area contributed by atoms with E-state index in [1.54, 1.807) is 0 Å². The first-order chi connectivity index (χ1) is 8.78. The number of aryl methyl sites for hydroxylation is 2. The molecule has 2 aromatic rings. The molecule has 0 amide bonds. The summed E-state index contributed by atoms with van der Waals surface area (Å²) in [4.78, 5) is 4.43. The lowest BCUT2D eigenvalue weighted by atomic mass is 10.0. The van der Waals surface area contributed by atoms with Crippen LogP contribution < -0.4 is 5.73 Å². The number of imidazole rings is 1. The zero-order valence-corrected chi connectivity index (χ0v) is 10.8. The third-order valence-electron chi connectivity index (χ3n) is 3.84. The Morgan fingerprint density at radius 3 is 3.17 bits per heavy atom. The maximum Gasteiger partial charge on any atom is 0.113 e. The molecule has 1 atom stereocenters. The number of rotatable bonds is 3. The van der Waals surface area contributed by atoms with Crippen LogP contribution in [-0.4, -0.2) is 9.55 Å². The molecule has 0 radical (unpaired) electrons. The van der Waals surface area contributed by atoms with Crippen LogP contribution in [-0.2, 0) is 19.4 Å². The summed E-state index contributed by atoms with van der Waals surface area (Å²) < 4.78 is 2.19. The Hall–Kier alpha value is -1.61. The molecule has 3 rings (SSSR count). The molecule has 1 aliphatic rings. The van der Waals surface area contributed by atoms with E-state index >= 15 is 0 Å². The highest BCUT2D eigenvalue weighted by Crippen LogP contribution is 2.30. The Balaban J connectivity index is 1.86. The van der Waals surface area contributed by atoms with Crippen LogP contribution in [0.3, 0.4) is 0 Å². The van der Waals surface area contributed by atoms with Crippen LogP contribution in [0.4, 0.5) is 0 Å². The molecule has 0 saturated heterocycles. The average molecular weight is 241 g/mol. The van der Waals surface area contributed by atoms with Crippen LogP contribution in [0.15, 0.2) is 30.6 Å². The smallest absolute Gasteiger partial charge is 0.113 e. The third-order valence-corrected chi connectivity index (χ3v) is 3.84. The van der Waals surface area contributed by atoms with Gasteiger partial charge < -0.3 is 10.3 Å². The second-order valence-electron chi connectivity index (χ2n) is 4.98. The molecule has 0 bridgehead atoms. The van der Waals surface area contributed by atoms with Gasteiger partial charge in [-0.2, -0.15) is 0 Å². The minimum absolute atomic E-state index is 0.242. The number of nitrogens with zero attached hydrogens (tertiary/aromatic N) is 2. The van der Waals surface area contributed by atoms with Crippen molar-refractivity contribution in [2.45, 2.75) is 38.8 Å². The second kappa shape index (κ2) is 4.58. The quantitative estimate of drug-likeness (QED) is 0.897. The van der Waals surface area contributed by atoms with Gasteiger partial charge >= 0.3 is 0 Å². The maximum atomic E-state index is 6.06. The standard InChI is InChI=1S/C15H19N3/c1-2-18-8-7-17-15(18)10-11-3-5-13-12(9-11)4-6-14(13)16/h3,5,7-9,14H,2,4,6,10,16H2,1H3. The minimum Gasteiger partial charge on any atom is -0.335 e. The summed E-state index contributed by atoms with van der Waals surface area (Å²) in [6.45, 7) is 3.12. The molecular formula is C15H19N3. The summed E-state index contributed by atoms with van der Waals surface area (Å²) >= 11 is 0. The number of nitrogens with two attached hydrogens (primary N) is 1. The van der Waals surface area contributed by atoms with Crippen molar-refractivity contribution in [3.05, 3.63) is 53.1 Å². The fourth-order valence-corrected chi connectivity index (χ4v) is 2.79. The van der Waals surface area contributed by atoms with Gasteiger partial charge in [0.05, 0.1) is 0 Å².